The Morgan fingerprint density at radius 1 is 0.739 bits per heavy atom. The van der Waals surface area contributed by atoms with E-state index in [4.69, 9.17) is 0 Å². The molecule has 0 aliphatic carbocycles. The average Bonchev–Trinajstić information content (AvgIpc) is 3.00. The number of hydrogen-bond donors (Lipinski definition) is 0. The lowest BCUT2D eigenvalue weighted by molar-refractivity contribution is 1.24. The zero-order chi connectivity index (χ0) is 15.2. The lowest BCUT2D eigenvalue weighted by Crippen LogP contribution is -1.89. The fourth-order valence-corrected chi connectivity index (χ4v) is 4.17. The summed E-state index contributed by atoms with van der Waals surface area (Å²) in [5.74, 6) is 0. The molecule has 0 unspecified atom stereocenters. The summed E-state index contributed by atoms with van der Waals surface area (Å²) >= 11 is 1.74. The van der Waals surface area contributed by atoms with Crippen LogP contribution in [0.2, 0.25) is 0 Å². The smallest absolute Gasteiger partial charge is 0.116 e. The molecule has 108 valence electrons. The Hall–Kier alpha value is -2.85. The largest absolute Gasteiger partial charge is 0.256 e. The summed E-state index contributed by atoms with van der Waals surface area (Å²) in [4.78, 5) is 13.7. The topological polar surface area (TPSA) is 38.7 Å². The van der Waals surface area contributed by atoms with E-state index >= 15 is 0 Å². The van der Waals surface area contributed by atoms with Crippen molar-refractivity contribution >= 4 is 42.5 Å². The molecule has 0 radical (unpaired) electrons. The van der Waals surface area contributed by atoms with Crippen LogP contribution in [-0.2, 0) is 0 Å². The van der Waals surface area contributed by atoms with Gasteiger partial charge >= 0.3 is 0 Å². The van der Waals surface area contributed by atoms with Crippen LogP contribution in [0.5, 0.6) is 0 Å². The van der Waals surface area contributed by atoms with Crippen LogP contribution in [0.15, 0.2) is 67.1 Å². The van der Waals surface area contributed by atoms with Crippen LogP contribution in [0.25, 0.3) is 42.5 Å². The summed E-state index contributed by atoms with van der Waals surface area (Å²) in [6.07, 6.45) is 3.48. The monoisotopic (exact) mass is 313 g/mol. The number of aromatic nitrogens is 3. The van der Waals surface area contributed by atoms with E-state index in [1.165, 1.54) is 10.1 Å². The van der Waals surface area contributed by atoms with Gasteiger partial charge in [-0.15, -0.1) is 11.3 Å². The summed E-state index contributed by atoms with van der Waals surface area (Å²) in [5, 5.41) is 2.31. The summed E-state index contributed by atoms with van der Waals surface area (Å²) in [5.41, 5.74) is 4.01. The van der Waals surface area contributed by atoms with Crippen LogP contribution < -0.4 is 0 Å². The van der Waals surface area contributed by atoms with E-state index in [2.05, 4.69) is 63.5 Å². The average molecular weight is 313 g/mol. The molecule has 0 aliphatic heterocycles. The molecule has 0 N–H and O–H groups in total. The number of nitrogens with zero attached hydrogens (tertiary/aromatic N) is 3. The van der Waals surface area contributed by atoms with E-state index in [1.807, 2.05) is 12.3 Å². The highest BCUT2D eigenvalue weighted by molar-refractivity contribution is 7.26. The van der Waals surface area contributed by atoms with Gasteiger partial charge in [0.2, 0.25) is 0 Å². The van der Waals surface area contributed by atoms with Gasteiger partial charge in [0.1, 0.15) is 6.33 Å². The van der Waals surface area contributed by atoms with E-state index in [0.717, 1.165) is 32.4 Å². The predicted molar refractivity (Wildman–Crippen MR) is 95.7 cm³/mol. The molecule has 0 amide bonds. The number of benzene rings is 2. The first kappa shape index (κ1) is 12.7. The van der Waals surface area contributed by atoms with Gasteiger partial charge in [0.15, 0.2) is 0 Å². The number of para-hydroxylation sites is 1. The molecule has 0 aliphatic rings. The fraction of sp³-hybridized carbons (Fsp3) is 0. The maximum absolute atomic E-state index is 4.58. The van der Waals surface area contributed by atoms with Gasteiger partial charge < -0.3 is 0 Å². The first-order valence-electron chi connectivity index (χ1n) is 7.38. The van der Waals surface area contributed by atoms with E-state index in [-0.39, 0.29) is 0 Å². The van der Waals surface area contributed by atoms with E-state index in [0.29, 0.717) is 0 Å². The van der Waals surface area contributed by atoms with Crippen LogP contribution >= 0.6 is 11.3 Å². The molecule has 2 aromatic carbocycles. The number of fused-ring (bicyclic) bond motifs is 4. The molecule has 4 heteroatoms. The van der Waals surface area contributed by atoms with Crippen LogP contribution in [0, 0.1) is 0 Å². The standard InChI is InChI=1S/C19H11N3S/c1-2-9-15-13(7-1)17-19(23-15)18(22-11-21-17)14-8-3-5-12-6-4-10-20-16(12)14/h1-11H. The normalized spacial score (nSPS) is 11.5. The highest BCUT2D eigenvalue weighted by atomic mass is 32.1. The molecular weight excluding hydrogens is 302 g/mol. The lowest BCUT2D eigenvalue weighted by atomic mass is 10.1. The predicted octanol–water partition coefficient (Wildman–Crippen LogP) is 5.06. The Morgan fingerprint density at radius 3 is 2.65 bits per heavy atom. The van der Waals surface area contributed by atoms with E-state index in [1.54, 1.807) is 17.7 Å². The molecule has 3 heterocycles. The van der Waals surface area contributed by atoms with Crippen molar-refractivity contribution in [3.8, 4) is 11.3 Å². The molecule has 0 saturated carbocycles. The second kappa shape index (κ2) is 4.83. The van der Waals surface area contributed by atoms with Crippen molar-refractivity contribution in [2.24, 2.45) is 0 Å². The van der Waals surface area contributed by atoms with Crippen molar-refractivity contribution in [3.63, 3.8) is 0 Å². The van der Waals surface area contributed by atoms with Gasteiger partial charge in [0.25, 0.3) is 0 Å². The third kappa shape index (κ3) is 1.85. The zero-order valence-electron chi connectivity index (χ0n) is 12.1. The summed E-state index contributed by atoms with van der Waals surface area (Å²) in [6, 6.07) is 18.6. The lowest BCUT2D eigenvalue weighted by Gasteiger charge is -2.05. The van der Waals surface area contributed by atoms with Gasteiger partial charge in [-0.1, -0.05) is 42.5 Å². The Balaban J connectivity index is 1.93. The summed E-state index contributed by atoms with van der Waals surface area (Å²) in [7, 11) is 0. The van der Waals surface area contributed by atoms with Crippen molar-refractivity contribution in [1.29, 1.82) is 0 Å². The van der Waals surface area contributed by atoms with E-state index in [9.17, 15) is 0 Å². The van der Waals surface area contributed by atoms with Gasteiger partial charge in [0, 0.05) is 27.2 Å². The highest BCUT2D eigenvalue weighted by Crippen LogP contribution is 2.38. The molecule has 0 atom stereocenters. The van der Waals surface area contributed by atoms with Gasteiger partial charge in [-0.3, -0.25) is 4.98 Å². The maximum Gasteiger partial charge on any atom is 0.116 e. The Labute approximate surface area is 136 Å². The quantitative estimate of drug-likeness (QED) is 0.434. The second-order valence-electron chi connectivity index (χ2n) is 5.38. The first-order valence-corrected chi connectivity index (χ1v) is 8.20. The Morgan fingerprint density at radius 2 is 1.65 bits per heavy atom. The molecule has 0 bridgehead atoms. The minimum atomic E-state index is 0.959. The minimum Gasteiger partial charge on any atom is -0.256 e. The molecule has 3 aromatic heterocycles. The Bertz CT molecular complexity index is 1170. The second-order valence-corrected chi connectivity index (χ2v) is 6.43. The van der Waals surface area contributed by atoms with Crippen LogP contribution in [0.4, 0.5) is 0 Å². The van der Waals surface area contributed by atoms with Gasteiger partial charge in [-0.05, 0) is 12.1 Å². The number of thiophene rings is 1. The van der Waals surface area contributed by atoms with Crippen LogP contribution in [0.1, 0.15) is 0 Å². The van der Waals surface area contributed by atoms with Gasteiger partial charge in [-0.2, -0.15) is 0 Å². The molecule has 5 rings (SSSR count). The van der Waals surface area contributed by atoms with E-state index < -0.39 is 0 Å². The zero-order valence-corrected chi connectivity index (χ0v) is 12.9. The molecular formula is C19H11N3S. The van der Waals surface area contributed by atoms with Crippen LogP contribution in [0.3, 0.4) is 0 Å². The Kier molecular flexibility index (Phi) is 2.66. The summed E-state index contributed by atoms with van der Waals surface area (Å²) in [6.45, 7) is 0. The van der Waals surface area contributed by atoms with Gasteiger partial charge in [0.05, 0.1) is 21.4 Å². The fourth-order valence-electron chi connectivity index (χ4n) is 3.01. The third-order valence-corrected chi connectivity index (χ3v) is 5.21. The summed E-state index contributed by atoms with van der Waals surface area (Å²) < 4.78 is 2.35. The van der Waals surface area contributed by atoms with Crippen molar-refractivity contribution in [3.05, 3.63) is 67.1 Å². The molecule has 3 nitrogen and oxygen atoms in total. The molecule has 5 aromatic rings. The van der Waals surface area contributed by atoms with Gasteiger partial charge in [-0.25, -0.2) is 9.97 Å². The minimum absolute atomic E-state index is 0.959. The van der Waals surface area contributed by atoms with Crippen molar-refractivity contribution in [1.82, 2.24) is 15.0 Å². The molecule has 23 heavy (non-hydrogen) atoms. The SMILES string of the molecule is c1cnc2c(-c3ncnc4c3sc3ccccc34)cccc2c1. The van der Waals surface area contributed by atoms with Crippen LogP contribution in [-0.4, -0.2) is 15.0 Å². The van der Waals surface area contributed by atoms with Crippen molar-refractivity contribution in [2.45, 2.75) is 0 Å². The van der Waals surface area contributed by atoms with Crippen molar-refractivity contribution in [2.75, 3.05) is 0 Å². The molecule has 0 fully saturated rings. The first-order chi connectivity index (χ1) is 11.4. The molecule has 0 saturated heterocycles. The number of hydrogen-bond acceptors (Lipinski definition) is 4. The highest BCUT2D eigenvalue weighted by Gasteiger charge is 2.14. The maximum atomic E-state index is 4.58. The number of pyridine rings is 1. The number of rotatable bonds is 1. The molecule has 0 spiro atoms. The third-order valence-electron chi connectivity index (χ3n) is 4.05. The van der Waals surface area contributed by atoms with Crippen molar-refractivity contribution < 1.29 is 0 Å².